The third kappa shape index (κ3) is 5.48. The van der Waals surface area contributed by atoms with E-state index in [-0.39, 0.29) is 5.69 Å². The van der Waals surface area contributed by atoms with E-state index >= 15 is 0 Å². The van der Waals surface area contributed by atoms with Gasteiger partial charge in [-0.15, -0.1) is 0 Å². The molecule has 0 bridgehead atoms. The normalized spacial score (nSPS) is 11.2. The van der Waals surface area contributed by atoms with Crippen LogP contribution in [0.5, 0.6) is 0 Å². The summed E-state index contributed by atoms with van der Waals surface area (Å²) in [6.45, 7) is 0. The van der Waals surface area contributed by atoms with Crippen LogP contribution in [0, 0.1) is 21.4 Å². The van der Waals surface area contributed by atoms with Crippen LogP contribution in [-0.2, 0) is 0 Å². The molecule has 6 rings (SSSR count). The molecule has 0 fully saturated rings. The van der Waals surface area contributed by atoms with Gasteiger partial charge in [-0.3, -0.25) is 10.1 Å². The van der Waals surface area contributed by atoms with Gasteiger partial charge in [-0.25, -0.2) is 4.98 Å². The molecule has 0 aliphatic rings. The molecule has 0 spiro atoms. The summed E-state index contributed by atoms with van der Waals surface area (Å²) in [5.41, 5.74) is 9.03. The number of nitrogens with zero attached hydrogens (tertiary/aromatic N) is 3. The molecule has 0 amide bonds. The number of nitro groups is 1. The van der Waals surface area contributed by atoms with Crippen molar-refractivity contribution in [2.24, 2.45) is 0 Å². The number of aromatic amines is 1. The minimum absolute atomic E-state index is 0.00766. The van der Waals surface area contributed by atoms with Crippen molar-refractivity contribution in [1.82, 2.24) is 9.97 Å². The number of benzene rings is 5. The Kier molecular flexibility index (Phi) is 7.22. The maximum absolute atomic E-state index is 10.9. The van der Waals surface area contributed by atoms with Crippen molar-refractivity contribution in [3.05, 3.63) is 155 Å². The highest BCUT2D eigenvalue weighted by atomic mass is 16.6. The van der Waals surface area contributed by atoms with Gasteiger partial charge < -0.3 is 4.98 Å². The van der Waals surface area contributed by atoms with Crippen LogP contribution in [0.1, 0.15) is 11.1 Å². The number of aromatic nitrogens is 2. The van der Waals surface area contributed by atoms with Crippen molar-refractivity contribution in [3.8, 4) is 51.1 Å². The number of nitro benzene ring substituents is 1. The highest BCUT2D eigenvalue weighted by Gasteiger charge is 2.15. The summed E-state index contributed by atoms with van der Waals surface area (Å²) in [6.07, 6.45) is 1.78. The van der Waals surface area contributed by atoms with E-state index < -0.39 is 4.92 Å². The van der Waals surface area contributed by atoms with Gasteiger partial charge in [-0.1, -0.05) is 109 Å². The maximum atomic E-state index is 10.9. The first kappa shape index (κ1) is 26.2. The summed E-state index contributed by atoms with van der Waals surface area (Å²) in [5, 5.41) is 20.6. The number of hydrogen-bond acceptors (Lipinski definition) is 4. The Hall–Kier alpha value is -6.06. The van der Waals surface area contributed by atoms with Crippen LogP contribution in [0.3, 0.4) is 0 Å². The molecule has 0 radical (unpaired) electrons. The molecule has 5 aromatic carbocycles. The summed E-state index contributed by atoms with van der Waals surface area (Å²) < 4.78 is 0. The number of non-ortho nitro benzene ring substituents is 1. The summed E-state index contributed by atoms with van der Waals surface area (Å²) >= 11 is 0. The van der Waals surface area contributed by atoms with E-state index in [2.05, 4.69) is 59.6 Å². The Bertz CT molecular complexity index is 1860. The zero-order chi connectivity index (χ0) is 28.9. The topological polar surface area (TPSA) is 95.6 Å². The highest BCUT2D eigenvalue weighted by Crippen LogP contribution is 2.33. The third-order valence-corrected chi connectivity index (χ3v) is 7.04. The molecule has 0 saturated heterocycles. The molecule has 0 aliphatic carbocycles. The molecule has 0 aliphatic heterocycles. The first-order valence-corrected chi connectivity index (χ1v) is 13.4. The smallest absolute Gasteiger partial charge is 0.269 e. The van der Waals surface area contributed by atoms with Crippen molar-refractivity contribution in [2.75, 3.05) is 0 Å². The Balaban J connectivity index is 1.25. The standard InChI is InChI=1S/C36H24N4O2/c37-24-32(28-19-21-33(22-20-28)40(41)42)23-25-11-13-26(14-12-25)27-15-17-31(18-16-27)36-38-34(29-7-3-1-4-8-29)35(39-36)30-9-5-2-6-10-30/h1-23H,(H,38,39)/b32-23-. The molecule has 6 heteroatoms. The fourth-order valence-corrected chi connectivity index (χ4v) is 4.83. The van der Waals surface area contributed by atoms with E-state index in [0.29, 0.717) is 11.1 Å². The van der Waals surface area contributed by atoms with Crippen LogP contribution in [-0.4, -0.2) is 14.9 Å². The largest absolute Gasteiger partial charge is 0.337 e. The van der Waals surface area contributed by atoms with Crippen LogP contribution in [0.25, 0.3) is 56.7 Å². The van der Waals surface area contributed by atoms with Crippen LogP contribution in [0.15, 0.2) is 133 Å². The lowest BCUT2D eigenvalue weighted by Crippen LogP contribution is -1.88. The summed E-state index contributed by atoms with van der Waals surface area (Å²) in [7, 11) is 0. The Morgan fingerprint density at radius 1 is 0.690 bits per heavy atom. The number of rotatable bonds is 7. The van der Waals surface area contributed by atoms with Crippen LogP contribution < -0.4 is 0 Å². The van der Waals surface area contributed by atoms with E-state index in [1.54, 1.807) is 18.2 Å². The monoisotopic (exact) mass is 544 g/mol. The lowest BCUT2D eigenvalue weighted by Gasteiger charge is -2.05. The SMILES string of the molecule is N#C/C(=C/c1ccc(-c2ccc(-c3nc(-c4ccccc4)c(-c4ccccc4)[nH]3)cc2)cc1)c1ccc([N+](=O)[O-])cc1. The van der Waals surface area contributed by atoms with Crippen molar-refractivity contribution in [2.45, 2.75) is 0 Å². The Morgan fingerprint density at radius 3 is 1.81 bits per heavy atom. The molecule has 6 aromatic rings. The number of H-pyrrole nitrogens is 1. The molecule has 1 heterocycles. The Morgan fingerprint density at radius 2 is 1.24 bits per heavy atom. The molecule has 1 aromatic heterocycles. The Labute approximate surface area is 243 Å². The van der Waals surface area contributed by atoms with Gasteiger partial charge in [0, 0.05) is 28.8 Å². The van der Waals surface area contributed by atoms with Crippen molar-refractivity contribution in [1.29, 1.82) is 5.26 Å². The van der Waals surface area contributed by atoms with Crippen LogP contribution in [0.2, 0.25) is 0 Å². The first-order chi connectivity index (χ1) is 20.6. The van der Waals surface area contributed by atoms with Gasteiger partial charge in [0.05, 0.1) is 28.0 Å². The number of imidazole rings is 1. The minimum atomic E-state index is -0.455. The van der Waals surface area contributed by atoms with E-state index in [0.717, 1.165) is 50.6 Å². The highest BCUT2D eigenvalue weighted by molar-refractivity contribution is 5.90. The number of nitriles is 1. The average Bonchev–Trinajstić information content (AvgIpc) is 3.51. The zero-order valence-electron chi connectivity index (χ0n) is 22.4. The summed E-state index contributed by atoms with van der Waals surface area (Å²) in [6, 6.07) is 44.8. The number of hydrogen-bond donors (Lipinski definition) is 1. The van der Waals surface area contributed by atoms with Crippen molar-refractivity contribution >= 4 is 17.3 Å². The summed E-state index contributed by atoms with van der Waals surface area (Å²) in [5.74, 6) is 0.801. The van der Waals surface area contributed by atoms with E-state index in [9.17, 15) is 15.4 Å². The van der Waals surface area contributed by atoms with E-state index in [4.69, 9.17) is 4.98 Å². The molecule has 6 nitrogen and oxygen atoms in total. The number of allylic oxidation sites excluding steroid dienone is 1. The van der Waals surface area contributed by atoms with Gasteiger partial charge in [0.1, 0.15) is 5.82 Å². The third-order valence-electron chi connectivity index (χ3n) is 7.04. The minimum Gasteiger partial charge on any atom is -0.337 e. The molecule has 0 unspecified atom stereocenters. The average molecular weight is 545 g/mol. The molecule has 0 saturated carbocycles. The predicted octanol–water partition coefficient (Wildman–Crippen LogP) is 9.05. The number of nitrogens with one attached hydrogen (secondary N) is 1. The van der Waals surface area contributed by atoms with Gasteiger partial charge in [-0.2, -0.15) is 5.26 Å². The fraction of sp³-hybridized carbons (Fsp3) is 0. The lowest BCUT2D eigenvalue weighted by molar-refractivity contribution is -0.384. The van der Waals surface area contributed by atoms with Crippen LogP contribution >= 0.6 is 0 Å². The quantitative estimate of drug-likeness (QED) is 0.0938. The second kappa shape index (κ2) is 11.6. The molecule has 1 N–H and O–H groups in total. The summed E-state index contributed by atoms with van der Waals surface area (Å²) in [4.78, 5) is 19.0. The van der Waals surface area contributed by atoms with Gasteiger partial charge in [0.2, 0.25) is 0 Å². The lowest BCUT2D eigenvalue weighted by atomic mass is 10.00. The van der Waals surface area contributed by atoms with Crippen LogP contribution in [0.4, 0.5) is 5.69 Å². The maximum Gasteiger partial charge on any atom is 0.269 e. The van der Waals surface area contributed by atoms with Gasteiger partial charge in [-0.05, 0) is 40.5 Å². The van der Waals surface area contributed by atoms with Gasteiger partial charge >= 0.3 is 0 Å². The van der Waals surface area contributed by atoms with Gasteiger partial charge in [0.15, 0.2) is 0 Å². The van der Waals surface area contributed by atoms with Crippen molar-refractivity contribution in [3.63, 3.8) is 0 Å². The van der Waals surface area contributed by atoms with E-state index in [1.807, 2.05) is 60.7 Å². The molecular formula is C36H24N4O2. The fourth-order valence-electron chi connectivity index (χ4n) is 4.83. The van der Waals surface area contributed by atoms with Crippen molar-refractivity contribution < 1.29 is 4.92 Å². The molecular weight excluding hydrogens is 520 g/mol. The second-order valence-electron chi connectivity index (χ2n) is 9.71. The predicted molar refractivity (Wildman–Crippen MR) is 167 cm³/mol. The second-order valence-corrected chi connectivity index (χ2v) is 9.71. The molecule has 0 atom stereocenters. The molecule has 42 heavy (non-hydrogen) atoms. The molecule has 200 valence electrons. The van der Waals surface area contributed by atoms with Gasteiger partial charge in [0.25, 0.3) is 5.69 Å². The zero-order valence-corrected chi connectivity index (χ0v) is 22.4. The van der Waals surface area contributed by atoms with E-state index in [1.165, 1.54) is 12.1 Å². The first-order valence-electron chi connectivity index (χ1n) is 13.4.